The Kier molecular flexibility index (Phi) is 15.2. The van der Waals surface area contributed by atoms with Gasteiger partial charge in [0.2, 0.25) is 0 Å². The molecule has 7 N–H and O–H groups in total. The van der Waals surface area contributed by atoms with Gasteiger partial charge in [-0.3, -0.25) is 5.32 Å². The molecule has 14 heteroatoms. The van der Waals surface area contributed by atoms with Gasteiger partial charge in [-0.2, -0.15) is 0 Å². The molecule has 1 heterocycles. The predicted octanol–water partition coefficient (Wildman–Crippen LogP) is 5.80. The molecule has 1 amide bonds. The number of hydrogen-bond acceptors (Lipinski definition) is 11. The van der Waals surface area contributed by atoms with Crippen LogP contribution in [0.4, 0.5) is 30.9 Å². The lowest BCUT2D eigenvalue weighted by atomic mass is 10.1. The molecule has 1 aromatic carbocycles. The molecule has 2 atom stereocenters. The summed E-state index contributed by atoms with van der Waals surface area (Å²) in [5.74, 6) is -0.900. The van der Waals surface area contributed by atoms with Gasteiger partial charge in [0.1, 0.15) is 11.3 Å². The molecule has 0 radical (unpaired) electrons. The Balaban J connectivity index is 0.000000357. The predicted molar refractivity (Wildman–Crippen MR) is 172 cm³/mol. The quantitative estimate of drug-likeness (QED) is 0.104. The maximum absolute atomic E-state index is 12.6. The summed E-state index contributed by atoms with van der Waals surface area (Å²) < 4.78 is 35.9. The van der Waals surface area contributed by atoms with Crippen molar-refractivity contribution in [3.63, 3.8) is 0 Å². The van der Waals surface area contributed by atoms with Gasteiger partial charge in [-0.1, -0.05) is 24.8 Å². The first-order chi connectivity index (χ1) is 21.0. The van der Waals surface area contributed by atoms with Crippen LogP contribution in [-0.4, -0.2) is 73.9 Å². The highest BCUT2D eigenvalue weighted by Crippen LogP contribution is 2.40. The maximum Gasteiger partial charge on any atom is 0.413 e. The minimum Gasteiger partial charge on any atom is -0.444 e. The molecular formula is C31H49F2N5O6S. The van der Waals surface area contributed by atoms with Gasteiger partial charge >= 0.3 is 6.09 Å². The van der Waals surface area contributed by atoms with Crippen molar-refractivity contribution in [3.05, 3.63) is 35.4 Å². The number of nitrogen functional groups attached to an aromatic ring is 1. The number of amides is 1. The summed E-state index contributed by atoms with van der Waals surface area (Å²) in [5.41, 5.74) is 6.84. The number of aliphatic hydroxyl groups excluding tert-OH is 1. The summed E-state index contributed by atoms with van der Waals surface area (Å²) in [6, 6.07) is 4.31. The molecule has 1 aromatic heterocycles. The van der Waals surface area contributed by atoms with Gasteiger partial charge < -0.3 is 35.8 Å². The fourth-order valence-corrected chi connectivity index (χ4v) is 4.83. The van der Waals surface area contributed by atoms with Gasteiger partial charge in [-0.25, -0.2) is 23.5 Å². The fraction of sp³-hybridized carbons (Fsp3) is 0.645. The van der Waals surface area contributed by atoms with Crippen molar-refractivity contribution in [2.75, 3.05) is 35.3 Å². The van der Waals surface area contributed by atoms with Crippen molar-refractivity contribution in [1.82, 2.24) is 9.97 Å². The maximum atomic E-state index is 12.6. The molecular weight excluding hydrogens is 608 g/mol. The zero-order valence-electron chi connectivity index (χ0n) is 27.0. The zero-order valence-corrected chi connectivity index (χ0v) is 27.8. The highest BCUT2D eigenvalue weighted by atomic mass is 32.2. The van der Waals surface area contributed by atoms with Gasteiger partial charge in [0.15, 0.2) is 34.2 Å². The third kappa shape index (κ3) is 15.9. The second kappa shape index (κ2) is 17.8. The fourth-order valence-electron chi connectivity index (χ4n) is 4.13. The summed E-state index contributed by atoms with van der Waals surface area (Å²) >= 11 is 1.50. The molecule has 2 fully saturated rings. The third-order valence-corrected chi connectivity index (χ3v) is 7.20. The number of benzene rings is 1. The molecule has 2 aliphatic rings. The molecule has 0 aliphatic heterocycles. The van der Waals surface area contributed by atoms with Crippen molar-refractivity contribution < 1.29 is 38.4 Å². The Morgan fingerprint density at radius 2 is 1.71 bits per heavy atom. The number of anilines is 3. The summed E-state index contributed by atoms with van der Waals surface area (Å²) in [4.78, 5) is 21.1. The normalized spacial score (nSPS) is 17.8. The number of aliphatic hydroxyl groups is 3. The van der Waals surface area contributed by atoms with Crippen LogP contribution in [0.1, 0.15) is 91.5 Å². The standard InChI is InChI=1S/C19H33N5O4S.C9H8F2.C3H8O2/c1-5-10-29-17-22-15(21-12-6-7-13(11-12)27-9-8-25)14(20)16(23-17)24-18(26)28-19(2,3)4;10-8-4-3-7(5-9(8)11)6-1-2-6;1-3(2,4)5/h12-13,25H,5-11,20H2,1-4H3,(H2,21,22,23,24,26);3-6H,1-2H2;4-5H,1-2H3. The first kappa shape index (κ1) is 38.4. The van der Waals surface area contributed by atoms with Gasteiger partial charge in [-0.15, -0.1) is 0 Å². The second-order valence-corrected chi connectivity index (χ2v) is 13.5. The van der Waals surface area contributed by atoms with Crippen LogP contribution in [0, 0.1) is 11.6 Å². The molecule has 2 saturated carbocycles. The van der Waals surface area contributed by atoms with Gasteiger partial charge in [0.05, 0.1) is 19.3 Å². The molecule has 0 saturated heterocycles. The first-order valence-electron chi connectivity index (χ1n) is 15.2. The number of hydrogen-bond donors (Lipinski definition) is 6. The van der Waals surface area contributed by atoms with Crippen molar-refractivity contribution in [3.8, 4) is 0 Å². The minimum absolute atomic E-state index is 0.0190. The summed E-state index contributed by atoms with van der Waals surface area (Å²) in [6.45, 7) is 10.4. The number of rotatable bonds is 10. The van der Waals surface area contributed by atoms with Crippen LogP contribution in [0.5, 0.6) is 0 Å². The molecule has 2 aromatic rings. The van der Waals surface area contributed by atoms with E-state index in [1.807, 2.05) is 0 Å². The molecule has 45 heavy (non-hydrogen) atoms. The second-order valence-electron chi connectivity index (χ2n) is 12.4. The van der Waals surface area contributed by atoms with E-state index in [1.54, 1.807) is 26.8 Å². The van der Waals surface area contributed by atoms with Crippen LogP contribution < -0.4 is 16.4 Å². The molecule has 2 unspecified atom stereocenters. The average Bonchev–Trinajstić information content (AvgIpc) is 3.68. The van der Waals surface area contributed by atoms with E-state index in [4.69, 9.17) is 30.5 Å². The van der Waals surface area contributed by atoms with E-state index >= 15 is 0 Å². The van der Waals surface area contributed by atoms with Crippen LogP contribution in [0.2, 0.25) is 0 Å². The van der Waals surface area contributed by atoms with Gasteiger partial charge in [0.25, 0.3) is 0 Å². The van der Waals surface area contributed by atoms with Crippen molar-refractivity contribution >= 4 is 35.2 Å². The number of nitrogens with two attached hydrogens (primary N) is 1. The molecule has 254 valence electrons. The first-order valence-corrected chi connectivity index (χ1v) is 16.2. The van der Waals surface area contributed by atoms with E-state index in [-0.39, 0.29) is 30.3 Å². The lowest BCUT2D eigenvalue weighted by molar-refractivity contribution is -0.127. The molecule has 4 rings (SSSR count). The van der Waals surface area contributed by atoms with E-state index in [1.165, 1.54) is 37.7 Å². The van der Waals surface area contributed by atoms with Gasteiger partial charge in [-0.05, 0) is 96.8 Å². The Hall–Kier alpha value is -2.78. The Morgan fingerprint density at radius 3 is 2.27 bits per heavy atom. The third-order valence-electron chi connectivity index (χ3n) is 6.14. The number of thioether (sulfide) groups is 1. The summed E-state index contributed by atoms with van der Waals surface area (Å²) in [7, 11) is 0. The number of nitrogens with one attached hydrogen (secondary N) is 2. The molecule has 0 bridgehead atoms. The van der Waals surface area contributed by atoms with Crippen LogP contribution in [0.15, 0.2) is 23.4 Å². The van der Waals surface area contributed by atoms with Crippen LogP contribution in [0.25, 0.3) is 0 Å². The summed E-state index contributed by atoms with van der Waals surface area (Å²) in [5, 5.41) is 31.6. The van der Waals surface area contributed by atoms with E-state index in [2.05, 4.69) is 27.5 Å². The average molecular weight is 658 g/mol. The van der Waals surface area contributed by atoms with E-state index < -0.39 is 29.1 Å². The smallest absolute Gasteiger partial charge is 0.413 e. The van der Waals surface area contributed by atoms with Gasteiger partial charge in [0, 0.05) is 11.8 Å². The van der Waals surface area contributed by atoms with E-state index in [9.17, 15) is 13.6 Å². The number of nitrogens with zero attached hydrogens (tertiary/aromatic N) is 2. The minimum atomic E-state index is -1.50. The van der Waals surface area contributed by atoms with Crippen LogP contribution in [-0.2, 0) is 9.47 Å². The Morgan fingerprint density at radius 1 is 1.07 bits per heavy atom. The topological polar surface area (TPSA) is 172 Å². The summed E-state index contributed by atoms with van der Waals surface area (Å²) in [6.07, 6.45) is 5.32. The van der Waals surface area contributed by atoms with Crippen LogP contribution >= 0.6 is 11.8 Å². The lowest BCUT2D eigenvalue weighted by Crippen LogP contribution is -2.28. The zero-order chi connectivity index (χ0) is 33.8. The van der Waals surface area contributed by atoms with Crippen molar-refractivity contribution in [2.45, 2.75) is 115 Å². The lowest BCUT2D eigenvalue weighted by Gasteiger charge is -2.21. The highest BCUT2D eigenvalue weighted by Gasteiger charge is 2.27. The van der Waals surface area contributed by atoms with Crippen molar-refractivity contribution in [1.29, 1.82) is 0 Å². The molecule has 2 aliphatic carbocycles. The number of carbonyl (C=O) groups excluding carboxylic acids is 1. The number of halogens is 2. The molecule has 11 nitrogen and oxygen atoms in total. The highest BCUT2D eigenvalue weighted by molar-refractivity contribution is 7.99. The van der Waals surface area contributed by atoms with E-state index in [0.717, 1.165) is 49.8 Å². The van der Waals surface area contributed by atoms with E-state index in [0.29, 0.717) is 23.5 Å². The number of aromatic nitrogens is 2. The van der Waals surface area contributed by atoms with Crippen molar-refractivity contribution in [2.24, 2.45) is 0 Å². The molecule has 0 spiro atoms. The number of ether oxygens (including phenoxy) is 2. The monoisotopic (exact) mass is 657 g/mol. The Bertz CT molecular complexity index is 1220. The SMILES string of the molecule is CC(C)(O)O.CCCSc1nc(NC(=O)OC(C)(C)C)c(N)c(NC2CCC(OCCO)C2)n1.Fc1ccc(C2CC2)cc1F. The Labute approximate surface area is 268 Å². The number of carbonyl (C=O) groups is 1. The largest absolute Gasteiger partial charge is 0.444 e. The van der Waals surface area contributed by atoms with Crippen LogP contribution in [0.3, 0.4) is 0 Å².